The Morgan fingerprint density at radius 3 is 0.772 bits per heavy atom. The van der Waals surface area contributed by atoms with Crippen LogP contribution >= 0.6 is 15.6 Å². The molecule has 0 aromatic carbocycles. The quantitative estimate of drug-likeness (QED) is 0.0222. The fourth-order valence-corrected chi connectivity index (χ4v) is 12.7. The van der Waals surface area contributed by atoms with Gasteiger partial charge in [0.1, 0.15) is 19.3 Å². The number of unbranched alkanes of at least 4 members (excludes halogenated alkanes) is 44. The third kappa shape index (κ3) is 65.4. The standard InChI is InChI=1S/C73H142O17P2/c1-6-10-13-16-18-20-22-23-24-25-26-27-28-33-36-40-44-49-54-59-73(78)90-69(63-84-71(76)57-52-47-42-39-35-32-30-29-31-34-37-41-46-50-55-66(5)9-4)65-88-92(81,82)86-61-67(74)60-85-91(79,80)87-64-68(62-83-70(75)56-51-45-15-12-8-3)89-72(77)58-53-48-43-38-21-19-17-14-11-7-2/h66-69,74H,6-65H2,1-5H3,(H,79,80)(H,81,82)/t66?,67-,68+,69+/m0/s1. The van der Waals surface area contributed by atoms with E-state index in [0.29, 0.717) is 25.7 Å². The number of aliphatic hydroxyl groups excluding tert-OH is 1. The Kier molecular flexibility index (Phi) is 64.9. The largest absolute Gasteiger partial charge is 0.472 e. The molecule has 0 aromatic rings. The van der Waals surface area contributed by atoms with Gasteiger partial charge in [-0.25, -0.2) is 9.13 Å². The van der Waals surface area contributed by atoms with Gasteiger partial charge < -0.3 is 33.8 Å². The Hall–Kier alpha value is -1.94. The minimum atomic E-state index is -4.95. The first-order valence-electron chi connectivity index (χ1n) is 38.2. The number of hydrogen-bond donors (Lipinski definition) is 3. The van der Waals surface area contributed by atoms with Gasteiger partial charge in [-0.3, -0.25) is 37.3 Å². The lowest BCUT2D eigenvalue weighted by molar-refractivity contribution is -0.161. The van der Waals surface area contributed by atoms with Crippen LogP contribution in [0, 0.1) is 5.92 Å². The zero-order valence-electron chi connectivity index (χ0n) is 59.7. The normalized spacial score (nSPS) is 14.3. The van der Waals surface area contributed by atoms with Crippen LogP contribution in [0.25, 0.3) is 0 Å². The number of carbonyl (C=O) groups is 4. The number of esters is 4. The Labute approximate surface area is 562 Å². The fraction of sp³-hybridized carbons (Fsp3) is 0.945. The zero-order chi connectivity index (χ0) is 67.7. The molecule has 3 N–H and O–H groups in total. The minimum absolute atomic E-state index is 0.106. The van der Waals surface area contributed by atoms with Gasteiger partial charge in [-0.2, -0.15) is 0 Å². The summed E-state index contributed by atoms with van der Waals surface area (Å²) in [5, 5.41) is 10.6. The van der Waals surface area contributed by atoms with Gasteiger partial charge in [0, 0.05) is 25.7 Å². The second kappa shape index (κ2) is 66.3. The average molecular weight is 1350 g/mol. The number of phosphoric acid groups is 2. The van der Waals surface area contributed by atoms with Gasteiger partial charge in [-0.05, 0) is 31.6 Å². The summed E-state index contributed by atoms with van der Waals surface area (Å²) in [4.78, 5) is 72.3. The topological polar surface area (TPSA) is 237 Å². The van der Waals surface area contributed by atoms with E-state index in [2.05, 4.69) is 34.6 Å². The predicted octanol–water partition coefficient (Wildman–Crippen LogP) is 21.3. The number of carbonyl (C=O) groups excluding carboxylic acids is 4. The van der Waals surface area contributed by atoms with Crippen molar-refractivity contribution in [1.82, 2.24) is 0 Å². The van der Waals surface area contributed by atoms with Crippen LogP contribution in [0.2, 0.25) is 0 Å². The molecule has 17 nitrogen and oxygen atoms in total. The van der Waals surface area contributed by atoms with Gasteiger partial charge in [0.15, 0.2) is 12.2 Å². The summed E-state index contributed by atoms with van der Waals surface area (Å²) in [5.41, 5.74) is 0. The Morgan fingerprint density at radius 2 is 0.522 bits per heavy atom. The first-order chi connectivity index (χ1) is 44.6. The summed E-state index contributed by atoms with van der Waals surface area (Å²) in [5.74, 6) is -1.28. The second-order valence-electron chi connectivity index (χ2n) is 26.6. The third-order valence-corrected chi connectivity index (χ3v) is 19.3. The molecule has 0 aliphatic heterocycles. The Balaban J connectivity index is 5.13. The maximum atomic E-state index is 13.1. The molecule has 0 rings (SSSR count). The van der Waals surface area contributed by atoms with E-state index in [1.807, 2.05) is 0 Å². The fourth-order valence-electron chi connectivity index (χ4n) is 11.1. The number of hydrogen-bond acceptors (Lipinski definition) is 15. The summed E-state index contributed by atoms with van der Waals surface area (Å²) in [6, 6.07) is 0. The summed E-state index contributed by atoms with van der Waals surface area (Å²) < 4.78 is 68.1. The molecule has 546 valence electrons. The molecule has 0 aliphatic rings. The van der Waals surface area contributed by atoms with Crippen molar-refractivity contribution < 1.29 is 80.2 Å². The van der Waals surface area contributed by atoms with E-state index in [-0.39, 0.29) is 25.7 Å². The van der Waals surface area contributed by atoms with Crippen molar-refractivity contribution >= 4 is 39.5 Å². The van der Waals surface area contributed by atoms with Crippen LogP contribution in [0.5, 0.6) is 0 Å². The molecule has 0 spiro atoms. The van der Waals surface area contributed by atoms with Crippen LogP contribution < -0.4 is 0 Å². The highest BCUT2D eigenvalue weighted by molar-refractivity contribution is 7.47. The number of rotatable bonds is 73. The second-order valence-corrected chi connectivity index (χ2v) is 29.5. The lowest BCUT2D eigenvalue weighted by atomic mass is 9.99. The Bertz CT molecular complexity index is 1770. The first-order valence-corrected chi connectivity index (χ1v) is 41.2. The van der Waals surface area contributed by atoms with Crippen molar-refractivity contribution in [1.29, 1.82) is 0 Å². The van der Waals surface area contributed by atoms with Crippen molar-refractivity contribution in [3.05, 3.63) is 0 Å². The van der Waals surface area contributed by atoms with Gasteiger partial charge in [0.2, 0.25) is 0 Å². The van der Waals surface area contributed by atoms with Crippen molar-refractivity contribution in [2.45, 2.75) is 400 Å². The van der Waals surface area contributed by atoms with Gasteiger partial charge in [0.05, 0.1) is 26.4 Å². The van der Waals surface area contributed by atoms with E-state index in [1.165, 1.54) is 199 Å². The molecule has 0 aromatic heterocycles. The molecule has 19 heteroatoms. The molecular formula is C73H142O17P2. The van der Waals surface area contributed by atoms with Crippen LogP contribution in [-0.4, -0.2) is 96.7 Å². The van der Waals surface area contributed by atoms with Gasteiger partial charge in [-0.1, -0.05) is 330 Å². The lowest BCUT2D eigenvalue weighted by Gasteiger charge is -2.21. The van der Waals surface area contributed by atoms with Gasteiger partial charge in [-0.15, -0.1) is 0 Å². The molecule has 0 radical (unpaired) electrons. The molecule has 3 unspecified atom stereocenters. The smallest absolute Gasteiger partial charge is 0.462 e. The average Bonchev–Trinajstić information content (AvgIpc) is 1.94. The summed E-state index contributed by atoms with van der Waals surface area (Å²) in [7, 11) is -9.89. The van der Waals surface area contributed by atoms with Crippen LogP contribution in [0.3, 0.4) is 0 Å². The summed E-state index contributed by atoms with van der Waals surface area (Å²) >= 11 is 0. The van der Waals surface area contributed by atoms with E-state index in [4.69, 9.17) is 37.0 Å². The lowest BCUT2D eigenvalue weighted by Crippen LogP contribution is -2.30. The van der Waals surface area contributed by atoms with Crippen LogP contribution in [-0.2, 0) is 65.4 Å². The van der Waals surface area contributed by atoms with Crippen molar-refractivity contribution in [3.8, 4) is 0 Å². The minimum Gasteiger partial charge on any atom is -0.462 e. The molecule has 0 saturated heterocycles. The van der Waals surface area contributed by atoms with Crippen LogP contribution in [0.1, 0.15) is 381 Å². The maximum Gasteiger partial charge on any atom is 0.472 e. The number of phosphoric ester groups is 2. The van der Waals surface area contributed by atoms with E-state index in [1.54, 1.807) is 0 Å². The highest BCUT2D eigenvalue weighted by Gasteiger charge is 2.30. The molecule has 0 saturated carbocycles. The molecule has 6 atom stereocenters. The molecule has 0 amide bonds. The maximum absolute atomic E-state index is 13.1. The molecular weight excluding hydrogens is 1210 g/mol. The van der Waals surface area contributed by atoms with Gasteiger partial charge in [0.25, 0.3) is 0 Å². The Morgan fingerprint density at radius 1 is 0.304 bits per heavy atom. The third-order valence-electron chi connectivity index (χ3n) is 17.4. The monoisotopic (exact) mass is 1350 g/mol. The highest BCUT2D eigenvalue weighted by Crippen LogP contribution is 2.45. The van der Waals surface area contributed by atoms with Crippen LogP contribution in [0.15, 0.2) is 0 Å². The molecule has 0 fully saturated rings. The van der Waals surface area contributed by atoms with E-state index < -0.39 is 97.5 Å². The summed E-state index contributed by atoms with van der Waals surface area (Å²) in [6.45, 7) is 7.23. The molecule has 0 bridgehead atoms. The zero-order valence-corrected chi connectivity index (χ0v) is 61.5. The van der Waals surface area contributed by atoms with Crippen molar-refractivity contribution in [3.63, 3.8) is 0 Å². The van der Waals surface area contributed by atoms with E-state index >= 15 is 0 Å². The SMILES string of the molecule is CCCCCCCCCCCCCCCCCCCCCC(=O)O[C@H](COC(=O)CCCCCCCCCCCCCCCCC(C)CC)COP(=O)(O)OC[C@@H](O)COP(=O)(O)OC[C@@H](COC(=O)CCCCCCC)OC(=O)CCCCCCCCCCCC. The van der Waals surface area contributed by atoms with Crippen molar-refractivity contribution in [2.24, 2.45) is 5.92 Å². The molecule has 0 aliphatic carbocycles. The predicted molar refractivity (Wildman–Crippen MR) is 372 cm³/mol. The first kappa shape index (κ1) is 90.1. The van der Waals surface area contributed by atoms with Gasteiger partial charge >= 0.3 is 39.5 Å². The molecule has 0 heterocycles. The van der Waals surface area contributed by atoms with E-state index in [0.717, 1.165) is 102 Å². The van der Waals surface area contributed by atoms with Crippen LogP contribution in [0.4, 0.5) is 0 Å². The number of ether oxygens (including phenoxy) is 4. The van der Waals surface area contributed by atoms with E-state index in [9.17, 15) is 43.2 Å². The van der Waals surface area contributed by atoms with Crippen molar-refractivity contribution in [2.75, 3.05) is 39.6 Å². The molecule has 92 heavy (non-hydrogen) atoms. The summed E-state index contributed by atoms with van der Waals surface area (Å²) in [6.07, 6.45) is 54.5. The highest BCUT2D eigenvalue weighted by atomic mass is 31.2. The number of aliphatic hydroxyl groups is 1.